The monoisotopic (exact) mass is 558 g/mol. The number of nitrogens with one attached hydrogen (secondary N) is 1. The first-order valence-corrected chi connectivity index (χ1v) is 14.1. The topological polar surface area (TPSA) is 168 Å². The lowest BCUT2D eigenvalue weighted by Crippen LogP contribution is -2.35. The number of aliphatic hydroxyl groups is 1. The Morgan fingerprint density at radius 3 is 2.21 bits per heavy atom. The van der Waals surface area contributed by atoms with Gasteiger partial charge in [-0.15, -0.1) is 0 Å². The van der Waals surface area contributed by atoms with E-state index in [0.29, 0.717) is 18.9 Å². The van der Waals surface area contributed by atoms with Gasteiger partial charge in [-0.2, -0.15) is 0 Å². The van der Waals surface area contributed by atoms with E-state index >= 15 is 0 Å². The van der Waals surface area contributed by atoms with Crippen LogP contribution in [0.3, 0.4) is 0 Å². The summed E-state index contributed by atoms with van der Waals surface area (Å²) in [6.07, 6.45) is -0.172. The summed E-state index contributed by atoms with van der Waals surface area (Å²) in [5.74, 6) is -0.272. The fourth-order valence-corrected chi connectivity index (χ4v) is 5.27. The third-order valence-corrected chi connectivity index (χ3v) is 7.37. The van der Waals surface area contributed by atoms with Crippen molar-refractivity contribution in [3.63, 3.8) is 0 Å². The standard InChI is InChI=1S/C28H34N2O8S/c1-16-13-20(19-5-7-21(8-6-19)38-15-24(32)33)14-17(2)27(16)37-12-11-30-18(3)26(34)22-9-10-23(31)28(25(22)29)39(4,35)36/h5-10,13-14,18,26,30-31,34H,11-12,15,29H2,1-4H3,(H,32,33)/t18-,26-/m0/s1. The number of anilines is 1. The maximum Gasteiger partial charge on any atom is 0.341 e. The highest BCUT2D eigenvalue weighted by atomic mass is 32.2. The molecule has 0 aromatic heterocycles. The van der Waals surface area contributed by atoms with Gasteiger partial charge >= 0.3 is 5.97 Å². The largest absolute Gasteiger partial charge is 0.507 e. The Kier molecular flexibility index (Phi) is 9.44. The van der Waals surface area contributed by atoms with Crippen LogP contribution in [-0.4, -0.2) is 61.8 Å². The first-order valence-electron chi connectivity index (χ1n) is 12.2. The summed E-state index contributed by atoms with van der Waals surface area (Å²) in [6, 6.07) is 13.3. The molecule has 0 radical (unpaired) electrons. The van der Waals surface area contributed by atoms with Crippen molar-refractivity contribution in [3.05, 3.63) is 65.2 Å². The van der Waals surface area contributed by atoms with E-state index in [1.165, 1.54) is 12.1 Å². The van der Waals surface area contributed by atoms with Crippen molar-refractivity contribution in [1.82, 2.24) is 5.32 Å². The molecule has 39 heavy (non-hydrogen) atoms. The van der Waals surface area contributed by atoms with Crippen molar-refractivity contribution >= 4 is 21.5 Å². The first kappa shape index (κ1) is 29.8. The lowest BCUT2D eigenvalue weighted by Gasteiger charge is -2.23. The molecule has 0 saturated carbocycles. The fraction of sp³-hybridized carbons (Fsp3) is 0.321. The van der Waals surface area contributed by atoms with Crippen LogP contribution in [0.25, 0.3) is 11.1 Å². The number of hydrogen-bond acceptors (Lipinski definition) is 9. The summed E-state index contributed by atoms with van der Waals surface area (Å²) in [5.41, 5.74) is 9.82. The van der Waals surface area contributed by atoms with Crippen LogP contribution in [-0.2, 0) is 14.6 Å². The van der Waals surface area contributed by atoms with Crippen LogP contribution in [0.1, 0.15) is 29.7 Å². The molecule has 0 bridgehead atoms. The lowest BCUT2D eigenvalue weighted by molar-refractivity contribution is -0.139. The van der Waals surface area contributed by atoms with Gasteiger partial charge in [0, 0.05) is 24.4 Å². The maximum atomic E-state index is 12.0. The molecule has 0 spiro atoms. The normalized spacial score (nSPS) is 13.1. The van der Waals surface area contributed by atoms with Gasteiger partial charge in [-0.3, -0.25) is 0 Å². The van der Waals surface area contributed by atoms with E-state index in [9.17, 15) is 23.4 Å². The number of hydrogen-bond donors (Lipinski definition) is 5. The summed E-state index contributed by atoms with van der Waals surface area (Å²) < 4.78 is 35.2. The number of aromatic hydroxyl groups is 1. The van der Waals surface area contributed by atoms with E-state index in [1.807, 2.05) is 38.1 Å². The molecule has 6 N–H and O–H groups in total. The van der Waals surface area contributed by atoms with E-state index in [-0.39, 0.29) is 11.3 Å². The molecule has 0 heterocycles. The fourth-order valence-electron chi connectivity index (χ4n) is 4.30. The summed E-state index contributed by atoms with van der Waals surface area (Å²) in [7, 11) is -3.79. The van der Waals surface area contributed by atoms with Crippen LogP contribution in [0.2, 0.25) is 0 Å². The van der Waals surface area contributed by atoms with Crippen LogP contribution in [0, 0.1) is 13.8 Å². The highest BCUT2D eigenvalue weighted by molar-refractivity contribution is 7.91. The zero-order valence-corrected chi connectivity index (χ0v) is 23.1. The number of nitrogens with two attached hydrogens (primary N) is 1. The number of aliphatic hydroxyl groups excluding tert-OH is 1. The molecule has 3 aromatic carbocycles. The van der Waals surface area contributed by atoms with E-state index in [0.717, 1.165) is 34.3 Å². The van der Waals surface area contributed by atoms with E-state index in [1.54, 1.807) is 19.1 Å². The smallest absolute Gasteiger partial charge is 0.341 e. The molecule has 3 rings (SSSR count). The molecule has 3 aromatic rings. The molecule has 0 saturated heterocycles. The van der Waals surface area contributed by atoms with Gasteiger partial charge in [0.25, 0.3) is 0 Å². The van der Waals surface area contributed by atoms with Gasteiger partial charge in [0.15, 0.2) is 16.4 Å². The lowest BCUT2D eigenvalue weighted by atomic mass is 9.99. The molecule has 0 fully saturated rings. The second kappa shape index (κ2) is 12.4. The Morgan fingerprint density at radius 2 is 1.64 bits per heavy atom. The Balaban J connectivity index is 1.60. The summed E-state index contributed by atoms with van der Waals surface area (Å²) in [6.45, 7) is 5.94. The molecule has 10 nitrogen and oxygen atoms in total. The van der Waals surface area contributed by atoms with Crippen molar-refractivity contribution in [2.75, 3.05) is 31.7 Å². The van der Waals surface area contributed by atoms with E-state index in [4.69, 9.17) is 20.3 Å². The average Bonchev–Trinajstić information content (AvgIpc) is 2.85. The molecular weight excluding hydrogens is 524 g/mol. The minimum atomic E-state index is -3.79. The van der Waals surface area contributed by atoms with Crippen LogP contribution >= 0.6 is 0 Å². The van der Waals surface area contributed by atoms with Gasteiger partial charge in [0.1, 0.15) is 28.8 Å². The number of nitrogen functional groups attached to an aromatic ring is 1. The van der Waals surface area contributed by atoms with Gasteiger partial charge in [-0.1, -0.05) is 18.2 Å². The number of rotatable bonds is 12. The second-order valence-corrected chi connectivity index (χ2v) is 11.3. The van der Waals surface area contributed by atoms with Crippen molar-refractivity contribution in [2.24, 2.45) is 0 Å². The number of aliphatic carboxylic acids is 1. The van der Waals surface area contributed by atoms with Gasteiger partial charge < -0.3 is 35.8 Å². The summed E-state index contributed by atoms with van der Waals surface area (Å²) >= 11 is 0. The molecule has 0 aliphatic heterocycles. The van der Waals surface area contributed by atoms with Crippen LogP contribution in [0.15, 0.2) is 53.4 Å². The zero-order chi connectivity index (χ0) is 28.9. The van der Waals surface area contributed by atoms with Crippen LogP contribution in [0.5, 0.6) is 17.2 Å². The highest BCUT2D eigenvalue weighted by Crippen LogP contribution is 2.35. The summed E-state index contributed by atoms with van der Waals surface area (Å²) in [4.78, 5) is 10.3. The Morgan fingerprint density at radius 1 is 1.03 bits per heavy atom. The molecule has 2 atom stereocenters. The van der Waals surface area contributed by atoms with Gasteiger partial charge in [-0.05, 0) is 73.4 Å². The van der Waals surface area contributed by atoms with Crippen molar-refractivity contribution in [2.45, 2.75) is 37.8 Å². The number of phenolic OH excluding ortho intramolecular Hbond substituents is 1. The number of carboxylic acids is 1. The van der Waals surface area contributed by atoms with Gasteiger partial charge in [-0.25, -0.2) is 13.2 Å². The maximum absolute atomic E-state index is 12.0. The van der Waals surface area contributed by atoms with Crippen LogP contribution < -0.4 is 20.5 Å². The molecule has 0 aliphatic carbocycles. The Hall–Kier alpha value is -3.80. The van der Waals surface area contributed by atoms with Crippen molar-refractivity contribution < 1.29 is 38.0 Å². The predicted molar refractivity (Wildman–Crippen MR) is 148 cm³/mol. The first-order chi connectivity index (χ1) is 18.3. The molecule has 11 heteroatoms. The number of ether oxygens (including phenoxy) is 2. The molecule has 210 valence electrons. The molecule has 0 unspecified atom stereocenters. The average molecular weight is 559 g/mol. The Labute approximate surface area is 227 Å². The second-order valence-electron chi connectivity index (χ2n) is 9.37. The number of aryl methyl sites for hydroxylation is 2. The third kappa shape index (κ3) is 7.41. The number of carboxylic acid groups (broad SMARTS) is 1. The zero-order valence-electron chi connectivity index (χ0n) is 22.3. The van der Waals surface area contributed by atoms with E-state index in [2.05, 4.69) is 5.32 Å². The summed E-state index contributed by atoms with van der Waals surface area (Å²) in [5, 5.41) is 32.6. The molecule has 0 aliphatic rings. The quantitative estimate of drug-likeness (QED) is 0.164. The van der Waals surface area contributed by atoms with Gasteiger partial charge in [0.05, 0.1) is 11.8 Å². The number of phenols is 1. The Bertz CT molecular complexity index is 1420. The van der Waals surface area contributed by atoms with Crippen molar-refractivity contribution in [3.8, 4) is 28.4 Å². The molecule has 0 amide bonds. The third-order valence-electron chi connectivity index (χ3n) is 6.20. The molecular formula is C28H34N2O8S. The number of carbonyl (C=O) groups is 1. The van der Waals surface area contributed by atoms with Crippen LogP contribution in [0.4, 0.5) is 5.69 Å². The number of sulfone groups is 1. The SMILES string of the molecule is Cc1cc(-c2ccc(OCC(=O)O)cc2)cc(C)c1OCCN[C@@H](C)[C@H](O)c1ccc(O)c(S(C)(=O)=O)c1N. The minimum absolute atomic E-state index is 0.177. The van der Waals surface area contributed by atoms with Gasteiger partial charge in [0.2, 0.25) is 0 Å². The number of benzene rings is 3. The minimum Gasteiger partial charge on any atom is -0.507 e. The predicted octanol–water partition coefficient (Wildman–Crippen LogP) is 3.22. The van der Waals surface area contributed by atoms with Crippen molar-refractivity contribution in [1.29, 1.82) is 0 Å². The highest BCUT2D eigenvalue weighted by Gasteiger charge is 2.25. The van der Waals surface area contributed by atoms with E-state index < -0.39 is 45.2 Å².